The van der Waals surface area contributed by atoms with Crippen molar-refractivity contribution in [3.63, 3.8) is 0 Å². The molecule has 0 aliphatic heterocycles. The van der Waals surface area contributed by atoms with Crippen LogP contribution in [0.1, 0.15) is 0 Å². The Kier molecular flexibility index (Phi) is 8.08. The molecule has 0 N–H and O–H groups in total. The van der Waals surface area contributed by atoms with E-state index in [1.807, 2.05) is 24.3 Å². The van der Waals surface area contributed by atoms with Gasteiger partial charge in [-0.15, -0.1) is 0 Å². The van der Waals surface area contributed by atoms with Gasteiger partial charge in [-0.3, -0.25) is 0 Å². The quantitative estimate of drug-likeness (QED) is 0.147. The van der Waals surface area contributed by atoms with Gasteiger partial charge in [-0.05, 0) is 0 Å². The molecule has 0 aliphatic rings. The fourth-order valence-electron chi connectivity index (χ4n) is 5.81. The number of ether oxygens (including phenoxy) is 2. The average molecular weight is 647 g/mol. The van der Waals surface area contributed by atoms with E-state index in [9.17, 15) is 0 Å². The zero-order valence-electron chi connectivity index (χ0n) is 24.2. The van der Waals surface area contributed by atoms with Crippen molar-refractivity contribution in [3.05, 3.63) is 164 Å². The van der Waals surface area contributed by atoms with Crippen molar-refractivity contribution < 1.29 is 9.47 Å². The predicted octanol–water partition coefficient (Wildman–Crippen LogP) is 8.64. The second-order valence-electron chi connectivity index (χ2n) is 10.3. The molecule has 0 radical (unpaired) electrons. The zero-order chi connectivity index (χ0) is 29.7. The van der Waals surface area contributed by atoms with E-state index in [2.05, 4.69) is 160 Å². The number of halogens is 1. The molecule has 0 unspecified atom stereocenters. The molecule has 0 aliphatic carbocycles. The van der Waals surface area contributed by atoms with E-state index in [1.54, 1.807) is 14.2 Å². The second-order valence-corrected chi connectivity index (χ2v) is 18.6. The van der Waals surface area contributed by atoms with Crippen molar-refractivity contribution >= 4 is 59.1 Å². The Balaban J connectivity index is 1.57. The number of rotatable bonds is 9. The van der Waals surface area contributed by atoms with Gasteiger partial charge >= 0.3 is 263 Å². The van der Waals surface area contributed by atoms with E-state index in [0.717, 1.165) is 28.6 Å². The number of hydrogen-bond acceptors (Lipinski definition) is 3. The summed E-state index contributed by atoms with van der Waals surface area (Å²) in [4.78, 5) is 2.25. The summed E-state index contributed by atoms with van der Waals surface area (Å²) in [6.07, 6.45) is 0. The Morgan fingerprint density at radius 1 is 0.395 bits per heavy atom. The van der Waals surface area contributed by atoms with Gasteiger partial charge in [0, 0.05) is 0 Å². The first-order chi connectivity index (χ1) is 21.1. The number of methoxy groups -OCH3 is 2. The van der Waals surface area contributed by atoms with Gasteiger partial charge in [0.2, 0.25) is 0 Å². The Labute approximate surface area is 262 Å². The van der Waals surface area contributed by atoms with Crippen LogP contribution in [-0.2, 0) is 0 Å². The molecule has 0 atom stereocenters. The SMILES string of the molecule is COc1ccc(N(c2ccc(OC)cc2)c2ccc(P(Br)(c3ccccc3)(c3ccccc3)c3ccccc3)cc2)cc1. The molecule has 0 bridgehead atoms. The van der Waals surface area contributed by atoms with Gasteiger partial charge < -0.3 is 0 Å². The molecular weight excluding hydrogens is 613 g/mol. The van der Waals surface area contributed by atoms with Crippen LogP contribution in [0.3, 0.4) is 0 Å². The van der Waals surface area contributed by atoms with Gasteiger partial charge in [0.1, 0.15) is 0 Å². The summed E-state index contributed by atoms with van der Waals surface area (Å²) < 4.78 is 10.9. The summed E-state index contributed by atoms with van der Waals surface area (Å²) in [5.41, 5.74) is 3.11. The molecule has 214 valence electrons. The number of anilines is 3. The van der Waals surface area contributed by atoms with Crippen molar-refractivity contribution in [3.8, 4) is 11.5 Å². The molecule has 0 saturated carbocycles. The fourth-order valence-corrected chi connectivity index (χ4v) is 13.3. The molecule has 0 amide bonds. The fraction of sp³-hybridized carbons (Fsp3) is 0.0526. The van der Waals surface area contributed by atoms with Gasteiger partial charge in [-0.2, -0.15) is 0 Å². The van der Waals surface area contributed by atoms with E-state index in [4.69, 9.17) is 9.47 Å². The van der Waals surface area contributed by atoms with Gasteiger partial charge in [0.15, 0.2) is 0 Å². The normalized spacial score (nSPS) is 12.1. The average Bonchev–Trinajstić information content (AvgIpc) is 3.10. The van der Waals surface area contributed by atoms with Gasteiger partial charge in [0.25, 0.3) is 0 Å². The summed E-state index contributed by atoms with van der Waals surface area (Å²) in [7, 11) is 3.38. The second kappa shape index (κ2) is 12.1. The maximum absolute atomic E-state index is 5.45. The van der Waals surface area contributed by atoms with E-state index in [0.29, 0.717) is 0 Å². The van der Waals surface area contributed by atoms with Crippen molar-refractivity contribution in [2.45, 2.75) is 0 Å². The van der Waals surface area contributed by atoms with Gasteiger partial charge in [0.05, 0.1) is 0 Å². The molecule has 0 fully saturated rings. The number of nitrogens with zero attached hydrogens (tertiary/aromatic N) is 1. The first kappa shape index (κ1) is 28.7. The number of hydrogen-bond donors (Lipinski definition) is 0. The van der Waals surface area contributed by atoms with E-state index < -0.39 is 5.31 Å². The third kappa shape index (κ3) is 5.01. The van der Waals surface area contributed by atoms with Crippen LogP contribution in [0.25, 0.3) is 0 Å². The molecule has 5 heteroatoms. The summed E-state index contributed by atoms with van der Waals surface area (Å²) in [6, 6.07) is 57.9. The molecule has 0 saturated heterocycles. The van der Waals surface area contributed by atoms with Crippen molar-refractivity contribution in [1.29, 1.82) is 0 Å². The summed E-state index contributed by atoms with van der Waals surface area (Å²) in [5, 5.41) is 1.67. The van der Waals surface area contributed by atoms with Crippen LogP contribution in [0, 0.1) is 0 Å². The Bertz CT molecular complexity index is 1630. The van der Waals surface area contributed by atoms with Crippen LogP contribution in [0.5, 0.6) is 11.5 Å². The topological polar surface area (TPSA) is 21.7 Å². The zero-order valence-corrected chi connectivity index (χ0v) is 26.7. The molecule has 6 aromatic carbocycles. The van der Waals surface area contributed by atoms with Crippen LogP contribution in [0.2, 0.25) is 0 Å². The minimum absolute atomic E-state index is 0.819. The third-order valence-electron chi connectivity index (χ3n) is 7.98. The molecule has 6 aromatic rings. The van der Waals surface area contributed by atoms with Gasteiger partial charge in [-0.25, -0.2) is 0 Å². The molecule has 3 nitrogen and oxygen atoms in total. The van der Waals surface area contributed by atoms with Crippen molar-refractivity contribution in [2.75, 3.05) is 19.1 Å². The first-order valence-corrected chi connectivity index (χ1v) is 18.4. The van der Waals surface area contributed by atoms with E-state index >= 15 is 0 Å². The monoisotopic (exact) mass is 645 g/mol. The molecule has 43 heavy (non-hydrogen) atoms. The third-order valence-corrected chi connectivity index (χ3v) is 18.0. The van der Waals surface area contributed by atoms with Crippen LogP contribution < -0.4 is 35.6 Å². The molecule has 0 aromatic heterocycles. The summed E-state index contributed by atoms with van der Waals surface area (Å²) >= 11 is 4.60. The van der Waals surface area contributed by atoms with Crippen LogP contribution in [-0.4, -0.2) is 14.2 Å². The van der Waals surface area contributed by atoms with Gasteiger partial charge in [-0.1, -0.05) is 0 Å². The maximum atomic E-state index is 5.45. The summed E-state index contributed by atoms with van der Waals surface area (Å²) in [6.45, 7) is 0. The Hall–Kier alpha value is -4.37. The first-order valence-electron chi connectivity index (χ1n) is 14.2. The molecule has 0 spiro atoms. The standard InChI is InChI=1S/C38H33BrNO2P/c1-41-33-24-18-30(19-25-33)40(31-20-26-34(42-2)27-21-31)32-22-28-38(29-23-32)43(39,35-12-6-3-7-13-35,36-14-8-4-9-15-36)37-16-10-5-11-17-37/h3-29H,1-2H3. The minimum atomic E-state index is -3.31. The predicted molar refractivity (Wildman–Crippen MR) is 188 cm³/mol. The summed E-state index contributed by atoms with van der Waals surface area (Å²) in [5.74, 6) is 1.64. The van der Waals surface area contributed by atoms with Crippen LogP contribution in [0.15, 0.2) is 164 Å². The van der Waals surface area contributed by atoms with Crippen molar-refractivity contribution in [1.82, 2.24) is 0 Å². The van der Waals surface area contributed by atoms with Crippen LogP contribution in [0.4, 0.5) is 17.1 Å². The Morgan fingerprint density at radius 2 is 0.674 bits per heavy atom. The Morgan fingerprint density at radius 3 is 0.977 bits per heavy atom. The molecule has 6 rings (SSSR count). The number of benzene rings is 6. The van der Waals surface area contributed by atoms with Crippen molar-refractivity contribution in [2.24, 2.45) is 0 Å². The molecular formula is C38H33BrNO2P. The molecule has 0 heterocycles. The van der Waals surface area contributed by atoms with E-state index in [1.165, 1.54) is 21.2 Å². The van der Waals surface area contributed by atoms with E-state index in [-0.39, 0.29) is 0 Å². The van der Waals surface area contributed by atoms with Crippen LogP contribution >= 0.6 is 20.8 Å².